The van der Waals surface area contributed by atoms with Crippen LogP contribution in [0.1, 0.15) is 25.7 Å². The highest BCUT2D eigenvalue weighted by atomic mass is 19.1. The molecular weight excluding hydrogens is 155 g/mol. The Bertz CT molecular complexity index is 117. The van der Waals surface area contributed by atoms with Gasteiger partial charge in [0.15, 0.2) is 0 Å². The topological polar surface area (TPSA) is 29.3 Å². The molecule has 0 spiro atoms. The lowest BCUT2D eigenvalue weighted by Gasteiger charge is -2.18. The second kappa shape index (κ2) is 5.49. The van der Waals surface area contributed by atoms with Crippen LogP contribution in [0.3, 0.4) is 0 Å². The standard InChI is InChI=1S/C9H19FN2/c10-9-3-1-6-12(8-4-9)7-2-5-11/h9H,1-8,11H2. The van der Waals surface area contributed by atoms with E-state index in [1.165, 1.54) is 0 Å². The molecule has 0 aromatic rings. The Labute approximate surface area is 73.9 Å². The van der Waals surface area contributed by atoms with Gasteiger partial charge in [-0.3, -0.25) is 0 Å². The van der Waals surface area contributed by atoms with Crippen molar-refractivity contribution in [3.05, 3.63) is 0 Å². The SMILES string of the molecule is NCCCN1CCCC(F)CC1. The summed E-state index contributed by atoms with van der Waals surface area (Å²) in [6.45, 7) is 3.76. The van der Waals surface area contributed by atoms with E-state index in [1.807, 2.05) is 0 Å². The molecule has 0 saturated carbocycles. The van der Waals surface area contributed by atoms with Crippen molar-refractivity contribution in [3.8, 4) is 0 Å². The largest absolute Gasteiger partial charge is 0.330 e. The number of likely N-dealkylation sites (tertiary alicyclic amines) is 1. The van der Waals surface area contributed by atoms with E-state index in [1.54, 1.807) is 0 Å². The number of halogens is 1. The number of rotatable bonds is 3. The Balaban J connectivity index is 2.17. The molecule has 2 N–H and O–H groups in total. The van der Waals surface area contributed by atoms with Crippen LogP contribution in [0.2, 0.25) is 0 Å². The summed E-state index contributed by atoms with van der Waals surface area (Å²) in [5.74, 6) is 0. The highest BCUT2D eigenvalue weighted by Gasteiger charge is 2.14. The third-order valence-electron chi connectivity index (χ3n) is 2.43. The molecule has 72 valence electrons. The van der Waals surface area contributed by atoms with Gasteiger partial charge in [0.1, 0.15) is 6.17 Å². The van der Waals surface area contributed by atoms with Crippen molar-refractivity contribution in [1.29, 1.82) is 0 Å². The first kappa shape index (κ1) is 9.93. The van der Waals surface area contributed by atoms with Crippen molar-refractivity contribution < 1.29 is 4.39 Å². The Morgan fingerprint density at radius 1 is 1.33 bits per heavy atom. The molecule has 0 aromatic carbocycles. The number of hydrogen-bond donors (Lipinski definition) is 1. The highest BCUT2D eigenvalue weighted by Crippen LogP contribution is 2.13. The molecule has 12 heavy (non-hydrogen) atoms. The Hall–Kier alpha value is -0.150. The van der Waals surface area contributed by atoms with Gasteiger partial charge in [-0.1, -0.05) is 0 Å². The molecule has 3 heteroatoms. The van der Waals surface area contributed by atoms with E-state index in [0.29, 0.717) is 6.42 Å². The number of nitrogens with zero attached hydrogens (tertiary/aromatic N) is 1. The Morgan fingerprint density at radius 2 is 2.17 bits per heavy atom. The summed E-state index contributed by atoms with van der Waals surface area (Å²) in [4.78, 5) is 2.33. The quantitative estimate of drug-likeness (QED) is 0.695. The van der Waals surface area contributed by atoms with Gasteiger partial charge in [-0.2, -0.15) is 0 Å². The number of hydrogen-bond acceptors (Lipinski definition) is 2. The zero-order chi connectivity index (χ0) is 8.81. The zero-order valence-electron chi connectivity index (χ0n) is 7.64. The first-order valence-electron chi connectivity index (χ1n) is 4.89. The van der Waals surface area contributed by atoms with Crippen LogP contribution in [0, 0.1) is 0 Å². The van der Waals surface area contributed by atoms with E-state index in [2.05, 4.69) is 4.90 Å². The van der Waals surface area contributed by atoms with E-state index in [9.17, 15) is 4.39 Å². The first-order chi connectivity index (χ1) is 5.83. The molecule has 1 aliphatic heterocycles. The summed E-state index contributed by atoms with van der Waals surface area (Å²) in [6, 6.07) is 0. The van der Waals surface area contributed by atoms with Crippen LogP contribution in [0.4, 0.5) is 4.39 Å². The molecule has 1 rings (SSSR count). The molecule has 0 bridgehead atoms. The lowest BCUT2D eigenvalue weighted by Crippen LogP contribution is -2.27. The summed E-state index contributed by atoms with van der Waals surface area (Å²) in [7, 11) is 0. The zero-order valence-corrected chi connectivity index (χ0v) is 7.64. The summed E-state index contributed by atoms with van der Waals surface area (Å²) in [5.41, 5.74) is 5.41. The predicted molar refractivity (Wildman–Crippen MR) is 48.9 cm³/mol. The smallest absolute Gasteiger partial charge is 0.101 e. The van der Waals surface area contributed by atoms with Crippen LogP contribution in [0.25, 0.3) is 0 Å². The van der Waals surface area contributed by atoms with Crippen LogP contribution in [0.5, 0.6) is 0 Å². The van der Waals surface area contributed by atoms with Crippen LogP contribution in [0.15, 0.2) is 0 Å². The molecule has 0 aromatic heterocycles. The second-order valence-electron chi connectivity index (χ2n) is 3.51. The number of nitrogens with two attached hydrogens (primary N) is 1. The predicted octanol–water partition coefficient (Wildman–Crippen LogP) is 1.16. The first-order valence-corrected chi connectivity index (χ1v) is 4.89. The second-order valence-corrected chi connectivity index (χ2v) is 3.51. The molecule has 1 heterocycles. The van der Waals surface area contributed by atoms with Gasteiger partial charge in [-0.05, 0) is 45.3 Å². The van der Waals surface area contributed by atoms with Gasteiger partial charge in [-0.15, -0.1) is 0 Å². The molecule has 1 aliphatic rings. The summed E-state index contributed by atoms with van der Waals surface area (Å²) in [6.07, 6.45) is 2.94. The van der Waals surface area contributed by atoms with Crippen molar-refractivity contribution in [2.45, 2.75) is 31.9 Å². The van der Waals surface area contributed by atoms with Gasteiger partial charge >= 0.3 is 0 Å². The molecule has 0 radical (unpaired) electrons. The van der Waals surface area contributed by atoms with Crippen LogP contribution < -0.4 is 5.73 Å². The lowest BCUT2D eigenvalue weighted by atomic mass is 10.2. The van der Waals surface area contributed by atoms with E-state index in [0.717, 1.165) is 45.4 Å². The van der Waals surface area contributed by atoms with E-state index in [-0.39, 0.29) is 0 Å². The third kappa shape index (κ3) is 3.50. The van der Waals surface area contributed by atoms with Crippen molar-refractivity contribution in [3.63, 3.8) is 0 Å². The van der Waals surface area contributed by atoms with E-state index >= 15 is 0 Å². The lowest BCUT2D eigenvalue weighted by molar-refractivity contribution is 0.262. The molecule has 0 amide bonds. The van der Waals surface area contributed by atoms with Crippen LogP contribution >= 0.6 is 0 Å². The van der Waals surface area contributed by atoms with E-state index < -0.39 is 6.17 Å². The van der Waals surface area contributed by atoms with Gasteiger partial charge in [0.25, 0.3) is 0 Å². The molecule has 0 aliphatic carbocycles. The van der Waals surface area contributed by atoms with Gasteiger partial charge in [-0.25, -0.2) is 4.39 Å². The molecule has 1 fully saturated rings. The molecule has 1 saturated heterocycles. The van der Waals surface area contributed by atoms with Gasteiger partial charge in [0.05, 0.1) is 0 Å². The minimum absolute atomic E-state index is 0.562. The maximum Gasteiger partial charge on any atom is 0.101 e. The molecular formula is C9H19FN2. The van der Waals surface area contributed by atoms with Gasteiger partial charge < -0.3 is 10.6 Å². The minimum atomic E-state index is -0.562. The van der Waals surface area contributed by atoms with Crippen molar-refractivity contribution in [2.24, 2.45) is 5.73 Å². The summed E-state index contributed by atoms with van der Waals surface area (Å²) in [5, 5.41) is 0. The van der Waals surface area contributed by atoms with Crippen molar-refractivity contribution in [1.82, 2.24) is 4.90 Å². The summed E-state index contributed by atoms with van der Waals surface area (Å²) >= 11 is 0. The van der Waals surface area contributed by atoms with Gasteiger partial charge in [0.2, 0.25) is 0 Å². The average Bonchev–Trinajstić information content (AvgIpc) is 2.27. The maximum absolute atomic E-state index is 12.9. The Kier molecular flexibility index (Phi) is 4.54. The number of alkyl halides is 1. The fourth-order valence-corrected chi connectivity index (χ4v) is 1.65. The van der Waals surface area contributed by atoms with E-state index in [4.69, 9.17) is 5.73 Å². The monoisotopic (exact) mass is 174 g/mol. The summed E-state index contributed by atoms with van der Waals surface area (Å²) < 4.78 is 12.9. The average molecular weight is 174 g/mol. The normalized spacial score (nSPS) is 27.0. The van der Waals surface area contributed by atoms with Crippen LogP contribution in [-0.2, 0) is 0 Å². The minimum Gasteiger partial charge on any atom is -0.330 e. The highest BCUT2D eigenvalue weighted by molar-refractivity contribution is 4.68. The molecule has 1 atom stereocenters. The Morgan fingerprint density at radius 3 is 2.92 bits per heavy atom. The van der Waals surface area contributed by atoms with Crippen molar-refractivity contribution in [2.75, 3.05) is 26.2 Å². The van der Waals surface area contributed by atoms with Crippen molar-refractivity contribution >= 4 is 0 Å². The fraction of sp³-hybridized carbons (Fsp3) is 1.00. The molecule has 2 nitrogen and oxygen atoms in total. The fourth-order valence-electron chi connectivity index (χ4n) is 1.65. The maximum atomic E-state index is 12.9. The molecule has 1 unspecified atom stereocenters. The van der Waals surface area contributed by atoms with Crippen LogP contribution in [-0.4, -0.2) is 37.3 Å². The third-order valence-corrected chi connectivity index (χ3v) is 2.43. The van der Waals surface area contributed by atoms with Gasteiger partial charge in [0, 0.05) is 6.54 Å².